The Balaban J connectivity index is 2.37. The number of aryl methyl sites for hydroxylation is 1. The maximum atomic E-state index is 11.1. The Morgan fingerprint density at radius 2 is 2.10 bits per heavy atom. The Bertz CT molecular complexity index is 674. The van der Waals surface area contributed by atoms with Crippen LogP contribution in [0.1, 0.15) is 11.1 Å². The van der Waals surface area contributed by atoms with E-state index in [9.17, 15) is 10.1 Å². The molecule has 5 nitrogen and oxygen atoms in total. The average Bonchev–Trinajstić information content (AvgIpc) is 2.43. The largest absolute Gasteiger partial charge is 0.448 e. The minimum atomic E-state index is -0.467. The summed E-state index contributed by atoms with van der Waals surface area (Å²) in [5, 5.41) is 14.5. The Morgan fingerprint density at radius 1 is 1.33 bits per heavy atom. The van der Waals surface area contributed by atoms with Crippen LogP contribution in [-0.2, 0) is 6.54 Å². The van der Waals surface area contributed by atoms with Crippen molar-refractivity contribution in [1.29, 1.82) is 0 Å². The van der Waals surface area contributed by atoms with Crippen molar-refractivity contribution in [3.63, 3.8) is 0 Å². The Kier molecular flexibility index (Phi) is 4.77. The molecule has 0 saturated carbocycles. The summed E-state index contributed by atoms with van der Waals surface area (Å²) < 4.78 is 5.67. The summed E-state index contributed by atoms with van der Waals surface area (Å²) in [5.41, 5.74) is 1.61. The number of nitro benzene ring substituents is 1. The van der Waals surface area contributed by atoms with Crippen LogP contribution >= 0.6 is 11.6 Å². The lowest BCUT2D eigenvalue weighted by Gasteiger charge is -2.11. The molecule has 0 aliphatic heterocycles. The van der Waals surface area contributed by atoms with E-state index >= 15 is 0 Å². The highest BCUT2D eigenvalue weighted by Crippen LogP contribution is 2.37. The highest BCUT2D eigenvalue weighted by Gasteiger charge is 2.18. The number of rotatable bonds is 5. The third kappa shape index (κ3) is 3.51. The highest BCUT2D eigenvalue weighted by molar-refractivity contribution is 6.32. The van der Waals surface area contributed by atoms with Crippen LogP contribution in [0, 0.1) is 17.0 Å². The van der Waals surface area contributed by atoms with E-state index < -0.39 is 4.92 Å². The van der Waals surface area contributed by atoms with Crippen LogP contribution < -0.4 is 10.1 Å². The van der Waals surface area contributed by atoms with Gasteiger partial charge >= 0.3 is 5.69 Å². The van der Waals surface area contributed by atoms with Crippen LogP contribution in [-0.4, -0.2) is 12.0 Å². The number of nitrogens with one attached hydrogen (secondary N) is 1. The van der Waals surface area contributed by atoms with E-state index in [0.29, 0.717) is 22.9 Å². The fraction of sp³-hybridized carbons (Fsp3) is 0.200. The summed E-state index contributed by atoms with van der Waals surface area (Å²) in [6.07, 6.45) is 0. The zero-order valence-corrected chi connectivity index (χ0v) is 12.5. The van der Waals surface area contributed by atoms with Gasteiger partial charge in [-0.15, -0.1) is 0 Å². The van der Waals surface area contributed by atoms with Crippen molar-refractivity contribution in [3.05, 3.63) is 62.7 Å². The van der Waals surface area contributed by atoms with Crippen LogP contribution in [0.4, 0.5) is 5.69 Å². The maximum Gasteiger partial charge on any atom is 0.311 e. The Labute approximate surface area is 127 Å². The van der Waals surface area contributed by atoms with Crippen LogP contribution in [0.15, 0.2) is 36.4 Å². The summed E-state index contributed by atoms with van der Waals surface area (Å²) in [6, 6.07) is 10.1. The molecular formula is C15H15ClN2O3. The number of hydrogen-bond donors (Lipinski definition) is 1. The average molecular weight is 307 g/mol. The number of para-hydroxylation sites is 1. The molecule has 0 aromatic heterocycles. The quantitative estimate of drug-likeness (QED) is 0.668. The zero-order valence-electron chi connectivity index (χ0n) is 11.7. The molecule has 0 heterocycles. The molecule has 2 aromatic rings. The molecule has 21 heavy (non-hydrogen) atoms. The van der Waals surface area contributed by atoms with Gasteiger partial charge in [0.15, 0.2) is 0 Å². The first kappa shape index (κ1) is 15.3. The molecule has 0 saturated heterocycles. The lowest BCUT2D eigenvalue weighted by Crippen LogP contribution is -2.04. The lowest BCUT2D eigenvalue weighted by atomic mass is 10.2. The molecule has 1 N–H and O–H groups in total. The van der Waals surface area contributed by atoms with Gasteiger partial charge in [0, 0.05) is 12.6 Å². The van der Waals surface area contributed by atoms with Crippen LogP contribution in [0.3, 0.4) is 0 Å². The van der Waals surface area contributed by atoms with Crippen molar-refractivity contribution < 1.29 is 9.66 Å². The van der Waals surface area contributed by atoms with Gasteiger partial charge in [-0.25, -0.2) is 0 Å². The SMILES string of the molecule is CNCc1ccc(Oc2c(C)cccc2[N+](=O)[O-])c(Cl)c1. The molecule has 0 spiro atoms. The molecule has 0 unspecified atom stereocenters. The molecule has 0 bridgehead atoms. The number of nitro groups is 1. The van der Waals surface area contributed by atoms with E-state index in [-0.39, 0.29) is 11.4 Å². The van der Waals surface area contributed by atoms with Gasteiger partial charge in [-0.3, -0.25) is 10.1 Å². The van der Waals surface area contributed by atoms with Gasteiger partial charge in [0.2, 0.25) is 5.75 Å². The molecule has 2 rings (SSSR count). The van der Waals surface area contributed by atoms with E-state index in [1.54, 1.807) is 31.2 Å². The van der Waals surface area contributed by atoms with Crippen molar-refractivity contribution in [1.82, 2.24) is 5.32 Å². The van der Waals surface area contributed by atoms with E-state index in [0.717, 1.165) is 5.56 Å². The molecule has 2 aromatic carbocycles. The predicted molar refractivity (Wildman–Crippen MR) is 82.1 cm³/mol. The first-order chi connectivity index (χ1) is 10.0. The second-order valence-corrected chi connectivity index (χ2v) is 4.98. The minimum Gasteiger partial charge on any atom is -0.448 e. The highest BCUT2D eigenvalue weighted by atomic mass is 35.5. The summed E-state index contributed by atoms with van der Waals surface area (Å²) in [6.45, 7) is 2.44. The van der Waals surface area contributed by atoms with Crippen LogP contribution in [0.2, 0.25) is 5.02 Å². The lowest BCUT2D eigenvalue weighted by molar-refractivity contribution is -0.385. The molecule has 0 aliphatic rings. The number of benzene rings is 2. The van der Waals surface area contributed by atoms with E-state index in [4.69, 9.17) is 16.3 Å². The molecule has 110 valence electrons. The van der Waals surface area contributed by atoms with Gasteiger partial charge in [0.05, 0.1) is 9.95 Å². The van der Waals surface area contributed by atoms with Crippen molar-refractivity contribution >= 4 is 17.3 Å². The molecule has 0 amide bonds. The molecule has 6 heteroatoms. The second kappa shape index (κ2) is 6.56. The molecule has 0 aliphatic carbocycles. The van der Waals surface area contributed by atoms with Gasteiger partial charge < -0.3 is 10.1 Å². The van der Waals surface area contributed by atoms with Gasteiger partial charge in [0.25, 0.3) is 0 Å². The third-order valence-electron chi connectivity index (χ3n) is 2.98. The summed E-state index contributed by atoms with van der Waals surface area (Å²) in [5.74, 6) is 0.611. The fourth-order valence-electron chi connectivity index (χ4n) is 1.96. The van der Waals surface area contributed by atoms with Crippen molar-refractivity contribution in [2.75, 3.05) is 7.05 Å². The standard InChI is InChI=1S/C15H15ClN2O3/c1-10-4-3-5-13(18(19)20)15(10)21-14-7-6-11(9-17-2)8-12(14)16/h3-8,17H,9H2,1-2H3. The van der Waals surface area contributed by atoms with Gasteiger partial charge in [-0.2, -0.15) is 0 Å². The second-order valence-electron chi connectivity index (χ2n) is 4.58. The number of nitrogens with zero attached hydrogens (tertiary/aromatic N) is 1. The number of ether oxygens (including phenoxy) is 1. The van der Waals surface area contributed by atoms with Crippen molar-refractivity contribution in [2.45, 2.75) is 13.5 Å². The van der Waals surface area contributed by atoms with Gasteiger partial charge in [0.1, 0.15) is 5.75 Å². The Morgan fingerprint density at radius 3 is 2.71 bits per heavy atom. The predicted octanol–water partition coefficient (Wildman–Crippen LogP) is 4.07. The molecule has 0 fully saturated rings. The first-order valence-electron chi connectivity index (χ1n) is 6.38. The summed E-state index contributed by atoms with van der Waals surface area (Å²) >= 11 is 6.18. The van der Waals surface area contributed by atoms with E-state index in [1.165, 1.54) is 6.07 Å². The van der Waals surface area contributed by atoms with Gasteiger partial charge in [-0.1, -0.05) is 29.8 Å². The van der Waals surface area contributed by atoms with E-state index in [2.05, 4.69) is 5.32 Å². The fourth-order valence-corrected chi connectivity index (χ4v) is 2.21. The van der Waals surface area contributed by atoms with Crippen molar-refractivity contribution in [2.24, 2.45) is 0 Å². The Hall–Kier alpha value is -2.11. The number of halogens is 1. The molecule has 0 radical (unpaired) electrons. The molecular weight excluding hydrogens is 292 g/mol. The minimum absolute atomic E-state index is 0.0784. The smallest absolute Gasteiger partial charge is 0.311 e. The number of hydrogen-bond acceptors (Lipinski definition) is 4. The summed E-state index contributed by atoms with van der Waals surface area (Å²) in [7, 11) is 1.84. The first-order valence-corrected chi connectivity index (χ1v) is 6.75. The van der Waals surface area contributed by atoms with Crippen LogP contribution in [0.25, 0.3) is 0 Å². The monoisotopic (exact) mass is 306 g/mol. The zero-order chi connectivity index (χ0) is 15.4. The summed E-state index contributed by atoms with van der Waals surface area (Å²) in [4.78, 5) is 10.6. The third-order valence-corrected chi connectivity index (χ3v) is 3.27. The van der Waals surface area contributed by atoms with Crippen molar-refractivity contribution in [3.8, 4) is 11.5 Å². The van der Waals surface area contributed by atoms with E-state index in [1.807, 2.05) is 13.1 Å². The normalized spacial score (nSPS) is 10.4. The maximum absolute atomic E-state index is 11.1. The molecule has 0 atom stereocenters. The van der Waals surface area contributed by atoms with Gasteiger partial charge in [-0.05, 0) is 37.2 Å². The van der Waals surface area contributed by atoms with Crippen LogP contribution in [0.5, 0.6) is 11.5 Å². The topological polar surface area (TPSA) is 64.4 Å².